The van der Waals surface area contributed by atoms with Crippen molar-refractivity contribution in [3.05, 3.63) is 43.9 Å². The molecule has 15 nitrogen and oxygen atoms in total. The fourth-order valence-corrected chi connectivity index (χ4v) is 4.66. The first kappa shape index (κ1) is 43.1. The van der Waals surface area contributed by atoms with Gasteiger partial charge in [-0.05, 0) is 65.6 Å². The summed E-state index contributed by atoms with van der Waals surface area (Å²) in [4.78, 5) is 43.1. The number of nitrogens with one attached hydrogen (secondary N) is 2. The Hall–Kier alpha value is -2.94. The van der Waals surface area contributed by atoms with E-state index in [0.717, 1.165) is 11.2 Å². The summed E-state index contributed by atoms with van der Waals surface area (Å²) in [5, 5.41) is 19.5. The zero-order chi connectivity index (χ0) is 37.2. The Morgan fingerprint density at radius 3 is 2.12 bits per heavy atom. The number of carboxylic acid groups (broad SMARTS) is 1. The van der Waals surface area contributed by atoms with Gasteiger partial charge in [-0.2, -0.15) is 19.6 Å². The van der Waals surface area contributed by atoms with Crippen LogP contribution in [0.4, 0.5) is 11.9 Å². The number of nitrogens with two attached hydrogens (primary N) is 1. The zero-order valence-electron chi connectivity index (χ0n) is 28.8. The van der Waals surface area contributed by atoms with Crippen LogP contribution in [0.2, 0.25) is 15.3 Å². The van der Waals surface area contributed by atoms with E-state index < -0.39 is 25.1 Å². The first-order valence-electron chi connectivity index (χ1n) is 14.8. The molecule has 2 unspecified atom stereocenters. The van der Waals surface area contributed by atoms with Crippen molar-refractivity contribution in [3.63, 3.8) is 0 Å². The van der Waals surface area contributed by atoms with Gasteiger partial charge in [-0.1, -0.05) is 44.0 Å². The first-order chi connectivity index (χ1) is 21.8. The van der Waals surface area contributed by atoms with Crippen LogP contribution in [0, 0.1) is 0 Å². The van der Waals surface area contributed by atoms with Gasteiger partial charge in [0, 0.05) is 36.4 Å². The summed E-state index contributed by atoms with van der Waals surface area (Å²) in [7, 11) is -3.10. The molecule has 0 fully saturated rings. The van der Waals surface area contributed by atoms with Gasteiger partial charge < -0.3 is 35.5 Å². The van der Waals surface area contributed by atoms with Crippen molar-refractivity contribution in [2.24, 2.45) is 5.73 Å². The van der Waals surface area contributed by atoms with E-state index in [1.54, 1.807) is 6.07 Å². The van der Waals surface area contributed by atoms with Crippen molar-refractivity contribution in [1.82, 2.24) is 24.7 Å². The summed E-state index contributed by atoms with van der Waals surface area (Å²) in [5.74, 6) is -0.0103. The fourth-order valence-electron chi connectivity index (χ4n) is 3.24. The second kappa shape index (κ2) is 18.2. The molecule has 6 N–H and O–H groups in total. The van der Waals surface area contributed by atoms with Crippen molar-refractivity contribution in [1.29, 1.82) is 0 Å². The van der Waals surface area contributed by atoms with Crippen molar-refractivity contribution >= 4 is 60.0 Å². The van der Waals surface area contributed by atoms with Crippen LogP contribution >= 0.6 is 42.2 Å². The molecular weight excluding hydrogens is 710 g/mol. The number of hydrogen-bond acceptors (Lipinski definition) is 12. The summed E-state index contributed by atoms with van der Waals surface area (Å²) in [5.41, 5.74) is 4.97. The molecule has 0 bridgehead atoms. The lowest BCUT2D eigenvalue weighted by atomic mass is 9.97. The Balaban J connectivity index is 0.000000386. The predicted octanol–water partition coefficient (Wildman–Crippen LogP) is 6.07. The first-order valence-corrected chi connectivity index (χ1v) is 18.2. The van der Waals surface area contributed by atoms with Crippen LogP contribution in [0.5, 0.6) is 5.75 Å². The largest absolute Gasteiger partial charge is 0.489 e. The number of aromatic nitrogens is 5. The molecule has 0 aliphatic heterocycles. The molecule has 2 atom stereocenters. The number of halogens is 3. The molecule has 0 saturated carbocycles. The third-order valence-corrected chi connectivity index (χ3v) is 7.24. The van der Waals surface area contributed by atoms with E-state index in [1.807, 2.05) is 62.3 Å². The molecule has 2 aromatic heterocycles. The van der Waals surface area contributed by atoms with Crippen LogP contribution in [0.1, 0.15) is 74.6 Å². The lowest BCUT2D eigenvalue weighted by molar-refractivity contribution is -0.138. The maximum atomic E-state index is 12.1. The number of ether oxygens (including phenoxy) is 1. The van der Waals surface area contributed by atoms with Crippen molar-refractivity contribution in [2.75, 3.05) is 30.0 Å². The second-order valence-electron chi connectivity index (χ2n) is 12.9. The Morgan fingerprint density at radius 1 is 1.08 bits per heavy atom. The topological polar surface area (TPSA) is 221 Å². The standard InChI is InChI=1S/C15H18Cl2N2O3.C9H16ClN5.C5H12NO4P/c1-8(2)21-12-7-11(9(16)6-10(12)17)19-14(20)22-13(18-19)15(3,4)5;1-5-11-7-12-6(10)13-8(14-7)15-9(2,3)4;1-11(9,10)3-2-4(6)5(7)8/h6-8H,1-5H3;5H2,1-4H3,(H2,11,12,13,14,15);4H,2-3,6H2,1H3,(H,7,8)(H,9,10). The Labute approximate surface area is 295 Å². The highest BCUT2D eigenvalue weighted by Gasteiger charge is 2.24. The molecule has 0 aliphatic carbocycles. The van der Waals surface area contributed by atoms with E-state index in [4.69, 9.17) is 59.7 Å². The maximum absolute atomic E-state index is 12.1. The van der Waals surface area contributed by atoms with Gasteiger partial charge in [0.05, 0.1) is 21.8 Å². The van der Waals surface area contributed by atoms with Gasteiger partial charge in [0.15, 0.2) is 7.37 Å². The Kier molecular flexibility index (Phi) is 16.3. The maximum Gasteiger partial charge on any atom is 0.442 e. The zero-order valence-corrected chi connectivity index (χ0v) is 31.9. The molecule has 3 rings (SSSR count). The molecule has 270 valence electrons. The molecular formula is C29H46Cl3N8O7P. The highest BCUT2D eigenvalue weighted by Crippen LogP contribution is 2.36. The van der Waals surface area contributed by atoms with Crippen LogP contribution in [0.3, 0.4) is 0 Å². The van der Waals surface area contributed by atoms with Gasteiger partial charge in [-0.25, -0.2) is 4.79 Å². The fraction of sp³-hybridized carbons (Fsp3) is 0.586. The van der Waals surface area contributed by atoms with Crippen molar-refractivity contribution in [3.8, 4) is 11.4 Å². The number of carbonyl (C=O) groups is 1. The number of benzene rings is 1. The molecule has 0 saturated heterocycles. The average molecular weight is 756 g/mol. The van der Waals surface area contributed by atoms with E-state index >= 15 is 0 Å². The summed E-state index contributed by atoms with van der Waals surface area (Å²) in [6, 6.07) is 2.07. The number of aliphatic carboxylic acids is 1. The van der Waals surface area contributed by atoms with Gasteiger partial charge >= 0.3 is 11.7 Å². The SMILES string of the molecule is CC(C)Oc1cc(-n2nc(C(C)(C)C)oc2=O)c(Cl)cc1Cl.CCNc1nc(Cl)nc(NC(C)(C)C)n1.CP(=O)(O)CCC(N)C(=O)O. The molecule has 0 spiro atoms. The van der Waals surface area contributed by atoms with Crippen LogP contribution in [0.25, 0.3) is 5.69 Å². The molecule has 48 heavy (non-hydrogen) atoms. The quantitative estimate of drug-likeness (QED) is 0.148. The molecule has 1 aromatic carbocycles. The summed E-state index contributed by atoms with van der Waals surface area (Å²) < 4.78 is 22.6. The lowest BCUT2D eigenvalue weighted by Gasteiger charge is -2.20. The third kappa shape index (κ3) is 16.0. The van der Waals surface area contributed by atoms with Crippen LogP contribution < -0.4 is 26.9 Å². The molecule has 3 aromatic rings. The van der Waals surface area contributed by atoms with Crippen LogP contribution in [-0.4, -0.2) is 77.8 Å². The highest BCUT2D eigenvalue weighted by atomic mass is 35.5. The van der Waals surface area contributed by atoms with Gasteiger partial charge in [0.25, 0.3) is 0 Å². The second-order valence-corrected chi connectivity index (χ2v) is 16.6. The van der Waals surface area contributed by atoms with Crippen molar-refractivity contribution < 1.29 is 28.5 Å². The van der Waals surface area contributed by atoms with E-state index in [-0.39, 0.29) is 39.9 Å². The van der Waals surface area contributed by atoms with E-state index in [2.05, 4.69) is 30.7 Å². The normalized spacial score (nSPS) is 13.3. The summed E-state index contributed by atoms with van der Waals surface area (Å²) in [6.45, 7) is 19.4. The Morgan fingerprint density at radius 2 is 1.67 bits per heavy atom. The average Bonchev–Trinajstić information content (AvgIpc) is 3.29. The van der Waals surface area contributed by atoms with E-state index in [1.165, 1.54) is 12.7 Å². The van der Waals surface area contributed by atoms with E-state index in [0.29, 0.717) is 34.2 Å². The smallest absolute Gasteiger partial charge is 0.442 e. The Bertz CT molecular complexity index is 1620. The minimum Gasteiger partial charge on any atom is -0.489 e. The molecule has 0 radical (unpaired) electrons. The monoisotopic (exact) mass is 754 g/mol. The predicted molar refractivity (Wildman–Crippen MR) is 190 cm³/mol. The number of rotatable bonds is 10. The molecule has 0 aliphatic rings. The molecule has 2 heterocycles. The number of carboxylic acids is 1. The third-order valence-electron chi connectivity index (χ3n) is 5.38. The number of nitrogens with zero attached hydrogens (tertiary/aromatic N) is 5. The minimum absolute atomic E-state index is 0.0412. The minimum atomic E-state index is -3.10. The highest BCUT2D eigenvalue weighted by molar-refractivity contribution is 7.57. The number of anilines is 2. The molecule has 19 heteroatoms. The van der Waals surface area contributed by atoms with Crippen LogP contribution in [-0.2, 0) is 14.8 Å². The molecule has 0 amide bonds. The van der Waals surface area contributed by atoms with Gasteiger partial charge in [0.1, 0.15) is 11.8 Å². The number of hydrogen-bond donors (Lipinski definition) is 5. The summed E-state index contributed by atoms with van der Waals surface area (Å²) >= 11 is 18.1. The summed E-state index contributed by atoms with van der Waals surface area (Å²) in [6.07, 6.45) is -0.0641. The van der Waals surface area contributed by atoms with Crippen LogP contribution in [0.15, 0.2) is 21.3 Å². The van der Waals surface area contributed by atoms with E-state index in [9.17, 15) is 14.2 Å². The lowest BCUT2D eigenvalue weighted by Crippen LogP contribution is -2.30. The van der Waals surface area contributed by atoms with Gasteiger partial charge in [0.2, 0.25) is 23.1 Å². The van der Waals surface area contributed by atoms with Crippen molar-refractivity contribution in [2.45, 2.75) is 91.8 Å². The van der Waals surface area contributed by atoms with Gasteiger partial charge in [-0.15, -0.1) is 5.10 Å². The van der Waals surface area contributed by atoms with Gasteiger partial charge in [-0.3, -0.25) is 9.36 Å².